The molecule has 20 heavy (non-hydrogen) atoms. The molecule has 0 saturated carbocycles. The first kappa shape index (κ1) is 16.8. The van der Waals surface area contributed by atoms with Gasteiger partial charge in [0.15, 0.2) is 0 Å². The topological polar surface area (TPSA) is 89.6 Å². The molecule has 0 radical (unpaired) electrons. The molecule has 0 aliphatic rings. The van der Waals surface area contributed by atoms with Gasteiger partial charge in [-0.1, -0.05) is 0 Å². The van der Waals surface area contributed by atoms with Gasteiger partial charge in [-0.15, -0.1) is 0 Å². The van der Waals surface area contributed by atoms with E-state index in [-0.39, 0.29) is 11.4 Å². The minimum Gasteiger partial charge on any atom is -0.382 e. The zero-order chi connectivity index (χ0) is 14.8. The molecular formula is C12H21N3O4S. The van der Waals surface area contributed by atoms with Crippen LogP contribution in [0.2, 0.25) is 0 Å². The molecule has 1 heterocycles. The van der Waals surface area contributed by atoms with Gasteiger partial charge >= 0.3 is 0 Å². The number of aromatic nitrogens is 1. The van der Waals surface area contributed by atoms with Crippen molar-refractivity contribution in [3.63, 3.8) is 0 Å². The van der Waals surface area contributed by atoms with Crippen LogP contribution in [0.25, 0.3) is 0 Å². The van der Waals surface area contributed by atoms with E-state index < -0.39 is 10.0 Å². The van der Waals surface area contributed by atoms with Crippen molar-refractivity contribution in [2.24, 2.45) is 0 Å². The second-order valence-electron chi connectivity index (χ2n) is 3.91. The van der Waals surface area contributed by atoms with E-state index in [1.807, 2.05) is 6.92 Å². The maximum atomic E-state index is 12.0. The summed E-state index contributed by atoms with van der Waals surface area (Å²) in [6.45, 7) is 4.04. The Morgan fingerprint density at radius 1 is 1.30 bits per heavy atom. The number of hydrogen-bond acceptors (Lipinski definition) is 6. The lowest BCUT2D eigenvalue weighted by atomic mass is 10.4. The largest absolute Gasteiger partial charge is 0.382 e. The summed E-state index contributed by atoms with van der Waals surface area (Å²) in [5, 5.41) is 2.97. The Balaban J connectivity index is 2.49. The summed E-state index contributed by atoms with van der Waals surface area (Å²) in [5.74, 6) is 0.534. The number of sulfonamides is 1. The molecule has 1 rings (SSSR count). The van der Waals surface area contributed by atoms with Crippen molar-refractivity contribution in [2.45, 2.75) is 11.8 Å². The van der Waals surface area contributed by atoms with Crippen molar-refractivity contribution in [2.75, 3.05) is 45.3 Å². The van der Waals surface area contributed by atoms with Gasteiger partial charge in [-0.2, -0.15) is 0 Å². The maximum Gasteiger partial charge on any atom is 0.240 e. The molecule has 0 aliphatic heterocycles. The summed E-state index contributed by atoms with van der Waals surface area (Å²) >= 11 is 0. The molecule has 8 heteroatoms. The highest BCUT2D eigenvalue weighted by molar-refractivity contribution is 7.89. The van der Waals surface area contributed by atoms with Crippen LogP contribution in [-0.2, 0) is 19.5 Å². The van der Waals surface area contributed by atoms with Gasteiger partial charge < -0.3 is 14.8 Å². The van der Waals surface area contributed by atoms with Gasteiger partial charge in [0.25, 0.3) is 0 Å². The number of rotatable bonds is 10. The van der Waals surface area contributed by atoms with Crippen LogP contribution in [0.3, 0.4) is 0 Å². The molecule has 2 N–H and O–H groups in total. The van der Waals surface area contributed by atoms with Crippen molar-refractivity contribution < 1.29 is 17.9 Å². The van der Waals surface area contributed by atoms with E-state index in [0.29, 0.717) is 32.2 Å². The van der Waals surface area contributed by atoms with Crippen molar-refractivity contribution in [3.05, 3.63) is 18.3 Å². The Hall–Kier alpha value is -1.22. The van der Waals surface area contributed by atoms with Crippen LogP contribution in [0.15, 0.2) is 23.2 Å². The fourth-order valence-electron chi connectivity index (χ4n) is 1.43. The van der Waals surface area contributed by atoms with E-state index in [0.717, 1.165) is 0 Å². The van der Waals surface area contributed by atoms with Gasteiger partial charge in [-0.3, -0.25) is 0 Å². The van der Waals surface area contributed by atoms with E-state index in [2.05, 4.69) is 15.0 Å². The molecule has 0 unspecified atom stereocenters. The summed E-state index contributed by atoms with van der Waals surface area (Å²) in [5.41, 5.74) is 0. The Labute approximate surface area is 119 Å². The lowest BCUT2D eigenvalue weighted by molar-refractivity contribution is 0.0736. The van der Waals surface area contributed by atoms with Gasteiger partial charge in [-0.05, 0) is 13.0 Å². The first-order valence-electron chi connectivity index (χ1n) is 6.36. The normalized spacial score (nSPS) is 11.5. The average Bonchev–Trinajstić information content (AvgIpc) is 2.43. The summed E-state index contributed by atoms with van der Waals surface area (Å²) < 4.78 is 36.5. The van der Waals surface area contributed by atoms with Gasteiger partial charge in [-0.25, -0.2) is 18.1 Å². The summed E-state index contributed by atoms with van der Waals surface area (Å²) in [6, 6.07) is 2.95. The number of hydrogen-bond donors (Lipinski definition) is 2. The number of ether oxygens (including phenoxy) is 2. The van der Waals surface area contributed by atoms with Gasteiger partial charge in [0.1, 0.15) is 5.82 Å². The first-order chi connectivity index (χ1) is 9.60. The third kappa shape index (κ3) is 5.83. The smallest absolute Gasteiger partial charge is 0.240 e. The number of pyridine rings is 1. The second kappa shape index (κ2) is 8.85. The third-order valence-corrected chi connectivity index (χ3v) is 3.83. The zero-order valence-corrected chi connectivity index (χ0v) is 12.6. The number of methoxy groups -OCH3 is 1. The van der Waals surface area contributed by atoms with Crippen LogP contribution in [-0.4, -0.2) is 53.4 Å². The fraction of sp³-hybridized carbons (Fsp3) is 0.583. The third-order valence-electron chi connectivity index (χ3n) is 2.37. The van der Waals surface area contributed by atoms with E-state index in [1.165, 1.54) is 18.3 Å². The van der Waals surface area contributed by atoms with E-state index in [4.69, 9.17) is 9.47 Å². The van der Waals surface area contributed by atoms with Gasteiger partial charge in [0.05, 0.1) is 24.7 Å². The standard InChI is InChI=1S/C12H21N3O4S/c1-3-13-12-10-11(4-5-14-12)20(16,17)15-6-7-19-9-8-18-2/h4-5,10,15H,3,6-9H2,1-2H3,(H,13,14). The Bertz CT molecular complexity index is 493. The Morgan fingerprint density at radius 2 is 2.10 bits per heavy atom. The van der Waals surface area contributed by atoms with Crippen LogP contribution >= 0.6 is 0 Å². The summed E-state index contributed by atoms with van der Waals surface area (Å²) in [7, 11) is -1.95. The Kier molecular flexibility index (Phi) is 7.45. The van der Waals surface area contributed by atoms with E-state index >= 15 is 0 Å². The van der Waals surface area contributed by atoms with Gasteiger partial charge in [0.2, 0.25) is 10.0 Å². The van der Waals surface area contributed by atoms with Crippen LogP contribution in [0.5, 0.6) is 0 Å². The van der Waals surface area contributed by atoms with Crippen molar-refractivity contribution in [3.8, 4) is 0 Å². The van der Waals surface area contributed by atoms with Crippen molar-refractivity contribution >= 4 is 15.8 Å². The van der Waals surface area contributed by atoms with E-state index in [9.17, 15) is 8.42 Å². The second-order valence-corrected chi connectivity index (χ2v) is 5.68. The minimum absolute atomic E-state index is 0.181. The number of nitrogens with one attached hydrogen (secondary N) is 2. The molecule has 0 amide bonds. The predicted octanol–water partition coefficient (Wildman–Crippen LogP) is 0.455. The van der Waals surface area contributed by atoms with Crippen LogP contribution in [0, 0.1) is 0 Å². The molecule has 114 valence electrons. The quantitative estimate of drug-likeness (QED) is 0.610. The summed E-state index contributed by atoms with van der Waals surface area (Å²) in [6.07, 6.45) is 1.46. The molecule has 1 aromatic rings. The molecule has 0 bridgehead atoms. The number of anilines is 1. The zero-order valence-electron chi connectivity index (χ0n) is 11.8. The highest BCUT2D eigenvalue weighted by atomic mass is 32.2. The molecule has 0 atom stereocenters. The molecule has 0 saturated heterocycles. The Morgan fingerprint density at radius 3 is 2.80 bits per heavy atom. The van der Waals surface area contributed by atoms with Crippen LogP contribution < -0.4 is 10.0 Å². The molecule has 7 nitrogen and oxygen atoms in total. The first-order valence-corrected chi connectivity index (χ1v) is 7.84. The lowest BCUT2D eigenvalue weighted by Gasteiger charge is -2.09. The molecule has 0 aliphatic carbocycles. The van der Waals surface area contributed by atoms with Crippen molar-refractivity contribution in [1.29, 1.82) is 0 Å². The molecule has 0 fully saturated rings. The monoisotopic (exact) mass is 303 g/mol. The molecular weight excluding hydrogens is 282 g/mol. The molecule has 0 spiro atoms. The van der Waals surface area contributed by atoms with E-state index in [1.54, 1.807) is 7.11 Å². The lowest BCUT2D eigenvalue weighted by Crippen LogP contribution is -2.28. The maximum absolute atomic E-state index is 12.0. The van der Waals surface area contributed by atoms with Gasteiger partial charge in [0, 0.05) is 32.5 Å². The highest BCUT2D eigenvalue weighted by Gasteiger charge is 2.13. The number of nitrogens with zero attached hydrogens (tertiary/aromatic N) is 1. The molecule has 0 aromatic carbocycles. The molecule has 1 aromatic heterocycles. The minimum atomic E-state index is -3.54. The van der Waals surface area contributed by atoms with Crippen LogP contribution in [0.1, 0.15) is 6.92 Å². The predicted molar refractivity (Wildman–Crippen MR) is 76.3 cm³/mol. The highest BCUT2D eigenvalue weighted by Crippen LogP contribution is 2.12. The fourth-order valence-corrected chi connectivity index (χ4v) is 2.46. The SMILES string of the molecule is CCNc1cc(S(=O)(=O)NCCOCCOC)ccn1. The van der Waals surface area contributed by atoms with Crippen molar-refractivity contribution in [1.82, 2.24) is 9.71 Å². The van der Waals surface area contributed by atoms with Crippen LogP contribution in [0.4, 0.5) is 5.82 Å². The summed E-state index contributed by atoms with van der Waals surface area (Å²) in [4.78, 5) is 4.21. The average molecular weight is 303 g/mol.